The van der Waals surface area contributed by atoms with Crippen LogP contribution in [0.2, 0.25) is 0 Å². The van der Waals surface area contributed by atoms with E-state index in [1.165, 1.54) is 17.6 Å². The van der Waals surface area contributed by atoms with Crippen molar-refractivity contribution >= 4 is 5.57 Å². The largest absolute Gasteiger partial charge is 0.330 e. The fourth-order valence-corrected chi connectivity index (χ4v) is 2.83. The molecule has 22 heavy (non-hydrogen) atoms. The van der Waals surface area contributed by atoms with Crippen molar-refractivity contribution in [2.24, 2.45) is 11.8 Å². The van der Waals surface area contributed by atoms with E-state index in [0.29, 0.717) is 0 Å². The van der Waals surface area contributed by atoms with E-state index < -0.39 is 0 Å². The molecule has 0 bridgehead atoms. The van der Waals surface area contributed by atoms with Gasteiger partial charge in [-0.2, -0.15) is 0 Å². The molecule has 2 aromatic rings. The first-order valence-electron chi connectivity index (χ1n) is 8.15. The molecule has 0 amide bonds. The van der Waals surface area contributed by atoms with Crippen LogP contribution in [0.1, 0.15) is 44.5 Å². The summed E-state index contributed by atoms with van der Waals surface area (Å²) < 4.78 is 2.09. The van der Waals surface area contributed by atoms with Gasteiger partial charge in [-0.05, 0) is 42.4 Å². The van der Waals surface area contributed by atoms with Gasteiger partial charge in [0, 0.05) is 18.6 Å². The molecule has 0 saturated heterocycles. The van der Waals surface area contributed by atoms with Gasteiger partial charge in [0.15, 0.2) is 0 Å². The zero-order valence-electron chi connectivity index (χ0n) is 13.5. The normalized spacial score (nSPS) is 23.0. The van der Waals surface area contributed by atoms with Gasteiger partial charge in [0.05, 0.1) is 18.1 Å². The molecular weight excluding hydrogens is 270 g/mol. The maximum absolute atomic E-state index is 4.63. The van der Waals surface area contributed by atoms with Crippen LogP contribution in [0.15, 0.2) is 55.3 Å². The molecule has 0 aliphatic heterocycles. The third-order valence-corrected chi connectivity index (χ3v) is 4.34. The summed E-state index contributed by atoms with van der Waals surface area (Å²) in [7, 11) is 0. The van der Waals surface area contributed by atoms with Crippen LogP contribution in [-0.2, 0) is 0 Å². The van der Waals surface area contributed by atoms with Crippen LogP contribution in [-0.4, -0.2) is 14.5 Å². The maximum atomic E-state index is 4.63. The Hall–Kier alpha value is -2.16. The van der Waals surface area contributed by atoms with Gasteiger partial charge in [-0.1, -0.05) is 38.1 Å². The number of hydrogen-bond acceptors (Lipinski definition) is 2. The lowest BCUT2D eigenvalue weighted by Crippen LogP contribution is -2.05. The lowest BCUT2D eigenvalue weighted by atomic mass is 10.0. The second-order valence-corrected chi connectivity index (χ2v) is 5.71. The molecule has 2 aliphatic rings. The molecule has 0 spiro atoms. The first kappa shape index (κ1) is 14.8. The SMILES string of the molecule is CC.CC(c1ccc(C2=CC3CC3C=C2)nc1)n1ccnc1. The Morgan fingerprint density at radius 1 is 1.23 bits per heavy atom. The zero-order valence-corrected chi connectivity index (χ0v) is 13.5. The first-order valence-corrected chi connectivity index (χ1v) is 8.15. The third kappa shape index (κ3) is 2.89. The molecule has 0 aromatic carbocycles. The number of rotatable bonds is 3. The lowest BCUT2D eigenvalue weighted by molar-refractivity contribution is 0.636. The summed E-state index contributed by atoms with van der Waals surface area (Å²) in [4.78, 5) is 8.73. The highest BCUT2D eigenvalue weighted by Gasteiger charge is 2.35. The smallest absolute Gasteiger partial charge is 0.0951 e. The average Bonchev–Trinajstić information content (AvgIpc) is 3.16. The predicted octanol–water partition coefficient (Wildman–Crippen LogP) is 4.50. The van der Waals surface area contributed by atoms with Crippen molar-refractivity contribution in [2.45, 2.75) is 33.2 Å². The quantitative estimate of drug-likeness (QED) is 0.834. The molecule has 2 aromatic heterocycles. The summed E-state index contributed by atoms with van der Waals surface area (Å²) >= 11 is 0. The van der Waals surface area contributed by atoms with E-state index in [4.69, 9.17) is 0 Å². The second-order valence-electron chi connectivity index (χ2n) is 5.71. The molecule has 0 radical (unpaired) electrons. The van der Waals surface area contributed by atoms with Crippen molar-refractivity contribution < 1.29 is 0 Å². The van der Waals surface area contributed by atoms with Crippen LogP contribution in [0.5, 0.6) is 0 Å². The van der Waals surface area contributed by atoms with Crippen molar-refractivity contribution in [1.29, 1.82) is 0 Å². The highest BCUT2D eigenvalue weighted by Crippen LogP contribution is 2.45. The van der Waals surface area contributed by atoms with E-state index in [2.05, 4.69) is 51.8 Å². The minimum Gasteiger partial charge on any atom is -0.330 e. The highest BCUT2D eigenvalue weighted by molar-refractivity contribution is 5.73. The Morgan fingerprint density at radius 3 is 2.73 bits per heavy atom. The number of aromatic nitrogens is 3. The standard InChI is InChI=1S/C17H17N3.C2H6/c1-12(20-7-6-18-11-20)15-4-5-17(19-10-15)14-3-2-13-8-16(13)9-14;1-2/h2-7,9-13,16H,8H2,1H3;1-2H3. The number of fused-ring (bicyclic) bond motifs is 1. The maximum Gasteiger partial charge on any atom is 0.0951 e. The van der Waals surface area contributed by atoms with Gasteiger partial charge in [-0.15, -0.1) is 0 Å². The van der Waals surface area contributed by atoms with Gasteiger partial charge in [0.1, 0.15) is 0 Å². The van der Waals surface area contributed by atoms with Crippen molar-refractivity contribution in [1.82, 2.24) is 14.5 Å². The van der Waals surface area contributed by atoms with Gasteiger partial charge in [0.2, 0.25) is 0 Å². The second kappa shape index (κ2) is 6.30. The summed E-state index contributed by atoms with van der Waals surface area (Å²) in [5.74, 6) is 1.57. The van der Waals surface area contributed by atoms with E-state index in [1.807, 2.05) is 38.8 Å². The van der Waals surface area contributed by atoms with Crippen molar-refractivity contribution in [3.63, 3.8) is 0 Å². The van der Waals surface area contributed by atoms with Gasteiger partial charge in [0.25, 0.3) is 0 Å². The Kier molecular flexibility index (Phi) is 4.23. The topological polar surface area (TPSA) is 30.7 Å². The monoisotopic (exact) mass is 293 g/mol. The van der Waals surface area contributed by atoms with Crippen molar-refractivity contribution in [3.8, 4) is 0 Å². The number of allylic oxidation sites excluding steroid dienone is 4. The van der Waals surface area contributed by atoms with Gasteiger partial charge in [-0.3, -0.25) is 4.98 Å². The molecule has 4 rings (SSSR count). The van der Waals surface area contributed by atoms with E-state index in [-0.39, 0.29) is 6.04 Å². The minimum atomic E-state index is 0.266. The first-order chi connectivity index (χ1) is 10.8. The van der Waals surface area contributed by atoms with Crippen LogP contribution >= 0.6 is 0 Å². The van der Waals surface area contributed by atoms with E-state index in [9.17, 15) is 0 Å². The average molecular weight is 293 g/mol. The molecule has 2 heterocycles. The van der Waals surface area contributed by atoms with Crippen molar-refractivity contribution in [3.05, 3.63) is 66.5 Å². The van der Waals surface area contributed by atoms with Crippen LogP contribution < -0.4 is 0 Å². The highest BCUT2D eigenvalue weighted by atomic mass is 15.0. The summed E-state index contributed by atoms with van der Waals surface area (Å²) in [6.07, 6.45) is 15.8. The lowest BCUT2D eigenvalue weighted by Gasteiger charge is -2.14. The number of pyridine rings is 1. The van der Waals surface area contributed by atoms with Crippen LogP contribution in [0.25, 0.3) is 5.57 Å². The molecular formula is C19H23N3. The zero-order chi connectivity index (χ0) is 15.5. The fraction of sp³-hybridized carbons (Fsp3) is 0.368. The van der Waals surface area contributed by atoms with Gasteiger partial charge in [-0.25, -0.2) is 4.98 Å². The van der Waals surface area contributed by atoms with Crippen LogP contribution in [0, 0.1) is 11.8 Å². The molecule has 114 valence electrons. The van der Waals surface area contributed by atoms with Gasteiger partial charge >= 0.3 is 0 Å². The van der Waals surface area contributed by atoms with E-state index in [1.54, 1.807) is 0 Å². The summed E-state index contributed by atoms with van der Waals surface area (Å²) in [5, 5.41) is 0. The Bertz CT molecular complexity index is 665. The molecule has 1 saturated carbocycles. The van der Waals surface area contributed by atoms with Gasteiger partial charge < -0.3 is 4.57 Å². The molecule has 3 nitrogen and oxygen atoms in total. The Balaban J connectivity index is 0.000000693. The molecule has 3 unspecified atom stereocenters. The van der Waals surface area contributed by atoms with E-state index >= 15 is 0 Å². The minimum absolute atomic E-state index is 0.266. The third-order valence-electron chi connectivity index (χ3n) is 4.34. The fourth-order valence-electron chi connectivity index (χ4n) is 2.83. The predicted molar refractivity (Wildman–Crippen MR) is 90.3 cm³/mol. The van der Waals surface area contributed by atoms with Crippen LogP contribution in [0.3, 0.4) is 0 Å². The molecule has 2 aliphatic carbocycles. The summed E-state index contributed by atoms with van der Waals surface area (Å²) in [5.41, 5.74) is 3.55. The molecule has 3 heteroatoms. The molecule has 3 atom stereocenters. The number of nitrogens with zero attached hydrogens (tertiary/aromatic N) is 3. The summed E-state index contributed by atoms with van der Waals surface area (Å²) in [6.45, 7) is 6.16. The molecule has 0 N–H and O–H groups in total. The van der Waals surface area contributed by atoms with E-state index in [0.717, 1.165) is 17.5 Å². The Morgan fingerprint density at radius 2 is 2.09 bits per heavy atom. The Labute approximate surface area is 132 Å². The number of hydrogen-bond donors (Lipinski definition) is 0. The summed E-state index contributed by atoms with van der Waals surface area (Å²) in [6, 6.07) is 4.56. The van der Waals surface area contributed by atoms with Crippen LogP contribution in [0.4, 0.5) is 0 Å². The van der Waals surface area contributed by atoms with Crippen molar-refractivity contribution in [2.75, 3.05) is 0 Å². The number of imidazole rings is 1. The molecule has 1 fully saturated rings.